The average Bonchev–Trinajstić information content (AvgIpc) is 2.70. The summed E-state index contributed by atoms with van der Waals surface area (Å²) < 4.78 is 10.7. The Morgan fingerprint density at radius 2 is 1.50 bits per heavy atom. The fourth-order valence-electron chi connectivity index (χ4n) is 2.03. The highest BCUT2D eigenvalue weighted by molar-refractivity contribution is 5.74. The second-order valence-electron chi connectivity index (χ2n) is 3.90. The Morgan fingerprint density at radius 3 is 1.88 bits per heavy atom. The van der Waals surface area contributed by atoms with Crippen molar-refractivity contribution in [2.75, 3.05) is 6.79 Å². The van der Waals surface area contributed by atoms with Crippen molar-refractivity contribution in [2.24, 2.45) is 0 Å². The zero-order valence-electron chi connectivity index (χ0n) is 9.15. The third kappa shape index (κ3) is 2.16. The third-order valence-corrected chi connectivity index (χ3v) is 2.58. The van der Waals surface area contributed by atoms with Crippen molar-refractivity contribution in [1.29, 1.82) is 0 Å². The van der Waals surface area contributed by atoms with Crippen LogP contribution in [0.2, 0.25) is 0 Å². The first-order chi connectivity index (χ1) is 7.58. The van der Waals surface area contributed by atoms with Crippen LogP contribution in [0, 0.1) is 0 Å². The van der Waals surface area contributed by atoms with Gasteiger partial charge in [0.25, 0.3) is 0 Å². The van der Waals surface area contributed by atoms with Crippen LogP contribution in [-0.2, 0) is 19.1 Å². The van der Waals surface area contributed by atoms with E-state index in [0.717, 1.165) is 0 Å². The van der Waals surface area contributed by atoms with Gasteiger partial charge >= 0.3 is 0 Å². The summed E-state index contributed by atoms with van der Waals surface area (Å²) in [6.07, 6.45) is -1.19. The second-order valence-corrected chi connectivity index (χ2v) is 3.90. The van der Waals surface area contributed by atoms with Crippen LogP contribution >= 0.6 is 0 Å². The van der Waals surface area contributed by atoms with Gasteiger partial charge in [-0.3, -0.25) is 14.9 Å². The molecular weight excluding hydrogens is 214 g/mol. The van der Waals surface area contributed by atoms with Crippen molar-refractivity contribution < 1.29 is 19.1 Å². The summed E-state index contributed by atoms with van der Waals surface area (Å²) in [6.45, 7) is 3.04. The van der Waals surface area contributed by atoms with Crippen LogP contribution in [0.4, 0.5) is 0 Å². The van der Waals surface area contributed by atoms with Gasteiger partial charge in [0.1, 0.15) is 31.3 Å². The van der Waals surface area contributed by atoms with Crippen molar-refractivity contribution in [3.05, 3.63) is 0 Å². The summed E-state index contributed by atoms with van der Waals surface area (Å²) in [5, 5.41) is 8.46. The quantitative estimate of drug-likeness (QED) is 0.523. The summed E-state index contributed by atoms with van der Waals surface area (Å²) in [7, 11) is 0. The van der Waals surface area contributed by atoms with E-state index >= 15 is 0 Å². The molecule has 2 rings (SSSR count). The Hall–Kier alpha value is -1.18. The van der Waals surface area contributed by atoms with E-state index in [4.69, 9.17) is 9.47 Å². The molecule has 2 amide bonds. The van der Waals surface area contributed by atoms with Gasteiger partial charge in [0, 0.05) is 13.8 Å². The molecule has 2 saturated heterocycles. The lowest BCUT2D eigenvalue weighted by atomic mass is 10.2. The number of hydrogen-bond acceptors (Lipinski definition) is 5. The van der Waals surface area contributed by atoms with E-state index in [2.05, 4.69) is 16.0 Å². The zero-order valence-corrected chi connectivity index (χ0v) is 9.15. The largest absolute Gasteiger partial charge is 0.346 e. The maximum atomic E-state index is 11.0. The number of fused-ring (bicyclic) bond motifs is 1. The lowest BCUT2D eigenvalue weighted by Gasteiger charge is -2.18. The molecule has 0 aromatic heterocycles. The molecule has 0 aromatic carbocycles. The number of nitrogens with one attached hydrogen (secondary N) is 3. The number of carbonyl (C=O) groups is 2. The summed E-state index contributed by atoms with van der Waals surface area (Å²) >= 11 is 0. The van der Waals surface area contributed by atoms with Crippen LogP contribution in [0.3, 0.4) is 0 Å². The predicted octanol–water partition coefficient (Wildman–Crippen LogP) is -1.74. The van der Waals surface area contributed by atoms with Crippen LogP contribution in [0.1, 0.15) is 13.8 Å². The summed E-state index contributed by atoms with van der Waals surface area (Å²) in [5.41, 5.74) is 0. The molecule has 7 nitrogen and oxygen atoms in total. The Bertz CT molecular complexity index is 281. The lowest BCUT2D eigenvalue weighted by Crippen LogP contribution is -2.52. The Balaban J connectivity index is 2.02. The maximum absolute atomic E-state index is 11.0. The SMILES string of the molecule is CC(=O)NC1NC(NC(C)=O)C2OCOC12. The monoisotopic (exact) mass is 229 g/mol. The van der Waals surface area contributed by atoms with Gasteiger partial charge in [0.05, 0.1) is 0 Å². The number of carbonyl (C=O) groups excluding carboxylic acids is 2. The number of ether oxygens (including phenoxy) is 2. The summed E-state index contributed by atoms with van der Waals surface area (Å²) in [4.78, 5) is 22.0. The van der Waals surface area contributed by atoms with Gasteiger partial charge in [-0.05, 0) is 0 Å². The lowest BCUT2D eigenvalue weighted by molar-refractivity contribution is -0.120. The van der Waals surface area contributed by atoms with Gasteiger partial charge in [-0.15, -0.1) is 0 Å². The van der Waals surface area contributed by atoms with Gasteiger partial charge in [-0.25, -0.2) is 0 Å². The smallest absolute Gasteiger partial charge is 0.218 e. The molecule has 2 aliphatic heterocycles. The van der Waals surface area contributed by atoms with Crippen LogP contribution in [0.5, 0.6) is 0 Å². The maximum Gasteiger partial charge on any atom is 0.218 e. The predicted molar refractivity (Wildman–Crippen MR) is 53.0 cm³/mol. The van der Waals surface area contributed by atoms with Crippen molar-refractivity contribution in [3.63, 3.8) is 0 Å². The van der Waals surface area contributed by atoms with Gasteiger partial charge in [0.15, 0.2) is 0 Å². The fourth-order valence-corrected chi connectivity index (χ4v) is 2.03. The fraction of sp³-hybridized carbons (Fsp3) is 0.778. The standard InChI is InChI=1S/C9H15N3O4/c1-4(13)10-8-6-7(16-3-15-6)9(12-8)11-5(2)14/h6-9,12H,3H2,1-2H3,(H,10,13)(H,11,14). The molecule has 0 spiro atoms. The van der Waals surface area contributed by atoms with E-state index in [1.165, 1.54) is 13.8 Å². The molecule has 90 valence electrons. The van der Waals surface area contributed by atoms with Crippen LogP contribution < -0.4 is 16.0 Å². The molecule has 4 atom stereocenters. The molecule has 0 saturated carbocycles. The van der Waals surface area contributed by atoms with Crippen molar-refractivity contribution >= 4 is 11.8 Å². The van der Waals surface area contributed by atoms with E-state index in [1.807, 2.05) is 0 Å². The molecule has 0 bridgehead atoms. The Morgan fingerprint density at radius 1 is 1.06 bits per heavy atom. The molecular formula is C9H15N3O4. The van der Waals surface area contributed by atoms with Crippen molar-refractivity contribution in [2.45, 2.75) is 38.4 Å². The van der Waals surface area contributed by atoms with Gasteiger partial charge in [0.2, 0.25) is 11.8 Å². The molecule has 2 aliphatic rings. The van der Waals surface area contributed by atoms with Crippen LogP contribution in [0.15, 0.2) is 0 Å². The number of hydrogen-bond donors (Lipinski definition) is 3. The molecule has 0 aromatic rings. The number of amides is 2. The van der Waals surface area contributed by atoms with Crippen molar-refractivity contribution in [1.82, 2.24) is 16.0 Å². The zero-order chi connectivity index (χ0) is 11.7. The van der Waals surface area contributed by atoms with Crippen LogP contribution in [-0.4, -0.2) is 43.1 Å². The van der Waals surface area contributed by atoms with E-state index < -0.39 is 0 Å². The van der Waals surface area contributed by atoms with Crippen molar-refractivity contribution in [3.8, 4) is 0 Å². The average molecular weight is 229 g/mol. The topological polar surface area (TPSA) is 88.7 Å². The number of rotatable bonds is 2. The normalized spacial score (nSPS) is 36.9. The first-order valence-corrected chi connectivity index (χ1v) is 5.11. The summed E-state index contributed by atoms with van der Waals surface area (Å²) in [6, 6.07) is 0. The molecule has 0 radical (unpaired) electrons. The molecule has 0 aliphatic carbocycles. The third-order valence-electron chi connectivity index (χ3n) is 2.58. The summed E-state index contributed by atoms with van der Waals surface area (Å²) in [5.74, 6) is -0.314. The van der Waals surface area contributed by atoms with E-state index in [0.29, 0.717) is 0 Å². The minimum atomic E-state index is -0.332. The van der Waals surface area contributed by atoms with Gasteiger partial charge < -0.3 is 20.1 Å². The van der Waals surface area contributed by atoms with E-state index in [1.54, 1.807) is 0 Å². The van der Waals surface area contributed by atoms with E-state index in [-0.39, 0.29) is 43.1 Å². The molecule has 7 heteroatoms. The van der Waals surface area contributed by atoms with Gasteiger partial charge in [-0.1, -0.05) is 0 Å². The molecule has 16 heavy (non-hydrogen) atoms. The minimum absolute atomic E-state index is 0.157. The highest BCUT2D eigenvalue weighted by Gasteiger charge is 2.48. The highest BCUT2D eigenvalue weighted by atomic mass is 16.7. The molecule has 3 N–H and O–H groups in total. The van der Waals surface area contributed by atoms with Gasteiger partial charge in [-0.2, -0.15) is 0 Å². The first-order valence-electron chi connectivity index (χ1n) is 5.11. The highest BCUT2D eigenvalue weighted by Crippen LogP contribution is 2.23. The van der Waals surface area contributed by atoms with E-state index in [9.17, 15) is 9.59 Å². The Kier molecular flexibility index (Phi) is 3.08. The first kappa shape index (κ1) is 11.3. The second kappa shape index (κ2) is 4.36. The molecule has 2 fully saturated rings. The Labute approximate surface area is 92.8 Å². The molecule has 4 unspecified atom stereocenters. The van der Waals surface area contributed by atoms with Crippen LogP contribution in [0.25, 0.3) is 0 Å². The molecule has 2 heterocycles. The minimum Gasteiger partial charge on any atom is -0.346 e.